The average molecular weight is 349 g/mol. The van der Waals surface area contributed by atoms with Gasteiger partial charge in [-0.1, -0.05) is 23.7 Å². The zero-order chi connectivity index (χ0) is 16.4. The molecule has 1 aromatic heterocycles. The van der Waals surface area contributed by atoms with E-state index in [-0.39, 0.29) is 11.6 Å². The van der Waals surface area contributed by atoms with E-state index in [2.05, 4.69) is 4.98 Å². The van der Waals surface area contributed by atoms with Crippen LogP contribution in [0.4, 0.5) is 9.18 Å². The standard InChI is InChI=1S/C16H10ClFN2O2S/c17-13-7-11(18)5-4-10(13)9-20-15(21)14(23-16(20)22)8-12-3-1-2-6-19-12/h1-8H,9H2/b14-8-. The molecule has 116 valence electrons. The number of aromatic nitrogens is 1. The van der Waals surface area contributed by atoms with Crippen molar-refractivity contribution in [2.24, 2.45) is 0 Å². The molecule has 0 bridgehead atoms. The summed E-state index contributed by atoms with van der Waals surface area (Å²) in [5.74, 6) is -0.881. The molecule has 4 nitrogen and oxygen atoms in total. The average Bonchev–Trinajstić information content (AvgIpc) is 2.78. The molecule has 2 amide bonds. The van der Waals surface area contributed by atoms with Gasteiger partial charge in [-0.2, -0.15) is 0 Å². The van der Waals surface area contributed by atoms with E-state index in [1.165, 1.54) is 12.1 Å². The van der Waals surface area contributed by atoms with Crippen molar-refractivity contribution in [2.75, 3.05) is 0 Å². The molecule has 0 spiro atoms. The first-order chi connectivity index (χ1) is 11.0. The van der Waals surface area contributed by atoms with Crippen LogP contribution in [0.3, 0.4) is 0 Å². The summed E-state index contributed by atoms with van der Waals surface area (Å²) in [6, 6.07) is 9.15. The monoisotopic (exact) mass is 348 g/mol. The lowest BCUT2D eigenvalue weighted by atomic mass is 10.2. The Morgan fingerprint density at radius 2 is 2.09 bits per heavy atom. The van der Waals surface area contributed by atoms with Gasteiger partial charge < -0.3 is 0 Å². The Labute approximate surface area is 141 Å². The maximum Gasteiger partial charge on any atom is 0.293 e. The van der Waals surface area contributed by atoms with Crippen molar-refractivity contribution in [1.29, 1.82) is 0 Å². The largest absolute Gasteiger partial charge is 0.293 e. The number of thioether (sulfide) groups is 1. The summed E-state index contributed by atoms with van der Waals surface area (Å²) in [5.41, 5.74) is 1.10. The van der Waals surface area contributed by atoms with Crippen LogP contribution in [0.5, 0.6) is 0 Å². The molecule has 0 aliphatic carbocycles. The predicted molar refractivity (Wildman–Crippen MR) is 87.2 cm³/mol. The van der Waals surface area contributed by atoms with Gasteiger partial charge in [0.2, 0.25) is 0 Å². The van der Waals surface area contributed by atoms with E-state index in [9.17, 15) is 14.0 Å². The molecule has 1 saturated heterocycles. The van der Waals surface area contributed by atoms with Crippen molar-refractivity contribution < 1.29 is 14.0 Å². The van der Waals surface area contributed by atoms with Gasteiger partial charge in [0.15, 0.2) is 0 Å². The molecule has 0 unspecified atom stereocenters. The molecule has 23 heavy (non-hydrogen) atoms. The summed E-state index contributed by atoms with van der Waals surface area (Å²) < 4.78 is 13.1. The molecule has 1 aliphatic heterocycles. The molecular formula is C16H10ClFN2O2S. The van der Waals surface area contributed by atoms with E-state index < -0.39 is 17.0 Å². The fourth-order valence-electron chi connectivity index (χ4n) is 2.05. The first-order valence-corrected chi connectivity index (χ1v) is 7.84. The zero-order valence-electron chi connectivity index (χ0n) is 11.7. The van der Waals surface area contributed by atoms with E-state index in [4.69, 9.17) is 11.6 Å². The Kier molecular flexibility index (Phi) is 4.45. The molecule has 0 atom stereocenters. The number of imide groups is 1. The molecule has 2 aromatic rings. The van der Waals surface area contributed by atoms with E-state index in [0.29, 0.717) is 16.2 Å². The third-order valence-electron chi connectivity index (χ3n) is 3.18. The van der Waals surface area contributed by atoms with E-state index >= 15 is 0 Å². The first kappa shape index (κ1) is 15.7. The van der Waals surface area contributed by atoms with Gasteiger partial charge in [0.1, 0.15) is 5.82 Å². The fourth-order valence-corrected chi connectivity index (χ4v) is 3.10. The number of benzene rings is 1. The zero-order valence-corrected chi connectivity index (χ0v) is 13.3. The highest BCUT2D eigenvalue weighted by molar-refractivity contribution is 8.18. The Morgan fingerprint density at radius 1 is 1.26 bits per heavy atom. The highest BCUT2D eigenvalue weighted by Gasteiger charge is 2.35. The molecule has 0 saturated carbocycles. The molecule has 0 N–H and O–H groups in total. The Bertz CT molecular complexity index is 811. The summed E-state index contributed by atoms with van der Waals surface area (Å²) in [6.45, 7) is 0.00331. The van der Waals surface area contributed by atoms with Crippen molar-refractivity contribution in [3.63, 3.8) is 0 Å². The van der Waals surface area contributed by atoms with Crippen LogP contribution in [0.25, 0.3) is 6.08 Å². The minimum atomic E-state index is -0.470. The highest BCUT2D eigenvalue weighted by atomic mass is 35.5. The van der Waals surface area contributed by atoms with Gasteiger partial charge in [0.05, 0.1) is 17.1 Å². The summed E-state index contributed by atoms with van der Waals surface area (Å²) in [5, 5.41) is -0.213. The lowest BCUT2D eigenvalue weighted by Gasteiger charge is -2.13. The van der Waals surface area contributed by atoms with Crippen molar-refractivity contribution in [3.8, 4) is 0 Å². The Balaban J connectivity index is 1.83. The van der Waals surface area contributed by atoms with Gasteiger partial charge in [0, 0.05) is 11.2 Å². The van der Waals surface area contributed by atoms with Crippen molar-refractivity contribution in [2.45, 2.75) is 6.54 Å². The third kappa shape index (κ3) is 3.43. The van der Waals surface area contributed by atoms with E-state index in [0.717, 1.165) is 22.7 Å². The normalized spacial score (nSPS) is 16.4. The SMILES string of the molecule is O=C1S/C(=C\c2ccccn2)C(=O)N1Cc1ccc(F)cc1Cl. The van der Waals surface area contributed by atoms with Crippen LogP contribution in [-0.4, -0.2) is 21.0 Å². The second kappa shape index (κ2) is 6.52. The second-order valence-electron chi connectivity index (χ2n) is 4.76. The van der Waals surface area contributed by atoms with Crippen LogP contribution >= 0.6 is 23.4 Å². The Morgan fingerprint density at radius 3 is 2.78 bits per heavy atom. The third-order valence-corrected chi connectivity index (χ3v) is 4.44. The molecule has 7 heteroatoms. The van der Waals surface area contributed by atoms with Gasteiger partial charge in [-0.3, -0.25) is 19.5 Å². The smallest absolute Gasteiger partial charge is 0.268 e. The van der Waals surface area contributed by atoms with Crippen LogP contribution in [0.2, 0.25) is 5.02 Å². The molecule has 3 rings (SSSR count). The van der Waals surface area contributed by atoms with Crippen LogP contribution < -0.4 is 0 Å². The van der Waals surface area contributed by atoms with E-state index in [1.54, 1.807) is 30.5 Å². The first-order valence-electron chi connectivity index (χ1n) is 6.65. The number of hydrogen-bond acceptors (Lipinski definition) is 4. The molecule has 1 aromatic carbocycles. The van der Waals surface area contributed by atoms with E-state index in [1.807, 2.05) is 0 Å². The fraction of sp³-hybridized carbons (Fsp3) is 0.0625. The Hall–Kier alpha value is -2.18. The topological polar surface area (TPSA) is 50.3 Å². The van der Waals surface area contributed by atoms with Crippen LogP contribution in [0.1, 0.15) is 11.3 Å². The van der Waals surface area contributed by atoms with Gasteiger partial charge in [-0.15, -0.1) is 0 Å². The predicted octanol–water partition coefficient (Wildman–Crippen LogP) is 4.11. The number of carbonyl (C=O) groups is 2. The quantitative estimate of drug-likeness (QED) is 0.783. The molecule has 1 aliphatic rings. The summed E-state index contributed by atoms with van der Waals surface area (Å²) in [6.07, 6.45) is 3.17. The van der Waals surface area contributed by atoms with Crippen LogP contribution in [-0.2, 0) is 11.3 Å². The maximum atomic E-state index is 13.1. The van der Waals surface area contributed by atoms with Gasteiger partial charge in [0.25, 0.3) is 11.1 Å². The van der Waals surface area contributed by atoms with Crippen molar-refractivity contribution >= 4 is 40.6 Å². The number of halogens is 2. The number of amides is 2. The minimum absolute atomic E-state index is 0.00331. The maximum absolute atomic E-state index is 13.1. The van der Waals surface area contributed by atoms with Crippen LogP contribution in [0, 0.1) is 5.82 Å². The van der Waals surface area contributed by atoms with Crippen molar-refractivity contribution in [1.82, 2.24) is 9.88 Å². The molecule has 2 heterocycles. The highest BCUT2D eigenvalue weighted by Crippen LogP contribution is 2.33. The number of nitrogens with zero attached hydrogens (tertiary/aromatic N) is 2. The number of pyridine rings is 1. The second-order valence-corrected chi connectivity index (χ2v) is 6.16. The van der Waals surface area contributed by atoms with Gasteiger partial charge >= 0.3 is 0 Å². The van der Waals surface area contributed by atoms with Gasteiger partial charge in [-0.25, -0.2) is 4.39 Å². The number of carbonyl (C=O) groups excluding carboxylic acids is 2. The number of rotatable bonds is 3. The lowest BCUT2D eigenvalue weighted by Crippen LogP contribution is -2.27. The molecule has 1 fully saturated rings. The summed E-state index contributed by atoms with van der Waals surface area (Å²) in [7, 11) is 0. The number of hydrogen-bond donors (Lipinski definition) is 0. The summed E-state index contributed by atoms with van der Waals surface area (Å²) >= 11 is 6.80. The summed E-state index contributed by atoms with van der Waals surface area (Å²) in [4.78, 5) is 29.9. The van der Waals surface area contributed by atoms with Crippen LogP contribution in [0.15, 0.2) is 47.5 Å². The minimum Gasteiger partial charge on any atom is -0.268 e. The van der Waals surface area contributed by atoms with Crippen molar-refractivity contribution in [3.05, 3.63) is 69.6 Å². The molecular weight excluding hydrogens is 339 g/mol. The molecule has 0 radical (unpaired) electrons. The van der Waals surface area contributed by atoms with Gasteiger partial charge in [-0.05, 0) is 47.7 Å². The lowest BCUT2D eigenvalue weighted by molar-refractivity contribution is -0.123.